The van der Waals surface area contributed by atoms with Crippen molar-refractivity contribution in [1.29, 1.82) is 0 Å². The number of aliphatic hydroxyl groups is 3. The molecule has 0 amide bonds. The fourth-order valence-electron chi connectivity index (χ4n) is 9.12. The number of hydrogen-bond acceptors (Lipinski definition) is 6. The van der Waals surface area contributed by atoms with Gasteiger partial charge >= 0.3 is 0 Å². The molecule has 2 aliphatic heterocycles. The zero-order chi connectivity index (χ0) is 23.9. The molecule has 3 N–H and O–H groups in total. The molecule has 0 spiro atoms. The molecule has 0 bridgehead atoms. The molecule has 0 aromatic heterocycles. The molecule has 12 atom stereocenters. The minimum atomic E-state index is -1.34. The highest BCUT2D eigenvalue weighted by atomic mass is 16.3. The Balaban J connectivity index is 1.42. The lowest BCUT2D eigenvalue weighted by atomic mass is 9.47. The van der Waals surface area contributed by atoms with Crippen molar-refractivity contribution < 1.29 is 24.9 Å². The highest BCUT2D eigenvalue weighted by Crippen LogP contribution is 2.58. The standard InChI is InChI=1S/C27H43NO5/c1-14-5-8-22-15(2)20-7-6-18(25(32)27(20,33)13-28(22)12-14)19-11-23(30)21-9-17(29)10-24(31)26(21,4)16(19)3/h14-22,24,29,31,33H,5-13H2,1-4H3/t14-,15-,16+,17+,18+,19-,20-,21+,22+,24+,26-,27-/m1/s1. The summed E-state index contributed by atoms with van der Waals surface area (Å²) in [6.07, 6.45) is 3.51. The number of piperidine rings is 2. The third-order valence-corrected chi connectivity index (χ3v) is 11.3. The Morgan fingerprint density at radius 2 is 1.73 bits per heavy atom. The number of aliphatic hydroxyl groups excluding tert-OH is 2. The number of ketones is 2. The van der Waals surface area contributed by atoms with Gasteiger partial charge in [-0.3, -0.25) is 14.5 Å². The maximum Gasteiger partial charge on any atom is 0.169 e. The number of nitrogens with zero attached hydrogens (tertiary/aromatic N) is 1. The van der Waals surface area contributed by atoms with Gasteiger partial charge in [-0.25, -0.2) is 0 Å². The van der Waals surface area contributed by atoms with Crippen molar-refractivity contribution in [2.75, 3.05) is 13.1 Å². The summed E-state index contributed by atoms with van der Waals surface area (Å²) in [6.45, 7) is 9.90. The van der Waals surface area contributed by atoms with Crippen molar-refractivity contribution in [2.24, 2.45) is 46.8 Å². The van der Waals surface area contributed by atoms with Crippen LogP contribution in [0.25, 0.3) is 0 Å². The SMILES string of the molecule is C[C@@H]1CC[C@H]2[C@H](C)[C@H]3CC[C@@H]([C@@H]4CC(=O)[C@@H]5C[C@H](O)C[C@H](O)[C@]5(C)[C@H]4C)C(=O)[C@@]3(O)CN2C1. The number of Topliss-reactive ketones (excluding diaryl/α,β-unsaturated/α-hetero) is 2. The molecule has 3 aliphatic carbocycles. The predicted molar refractivity (Wildman–Crippen MR) is 124 cm³/mol. The molecule has 2 heterocycles. The second kappa shape index (κ2) is 8.11. The molecular formula is C27H43NO5. The van der Waals surface area contributed by atoms with Gasteiger partial charge in [0.25, 0.3) is 0 Å². The van der Waals surface area contributed by atoms with E-state index in [-0.39, 0.29) is 53.5 Å². The van der Waals surface area contributed by atoms with Crippen LogP contribution >= 0.6 is 0 Å². The number of carbonyl (C=O) groups excluding carboxylic acids is 2. The van der Waals surface area contributed by atoms with E-state index in [1.54, 1.807) is 0 Å². The summed E-state index contributed by atoms with van der Waals surface area (Å²) in [5.74, 6) is -0.00894. The summed E-state index contributed by atoms with van der Waals surface area (Å²) in [7, 11) is 0. The molecular weight excluding hydrogens is 418 g/mol. The number of carbonyl (C=O) groups is 2. The van der Waals surface area contributed by atoms with Crippen LogP contribution in [-0.2, 0) is 9.59 Å². The molecule has 5 aliphatic rings. The van der Waals surface area contributed by atoms with Crippen molar-refractivity contribution in [1.82, 2.24) is 4.90 Å². The van der Waals surface area contributed by atoms with Gasteiger partial charge in [-0.2, -0.15) is 0 Å². The van der Waals surface area contributed by atoms with Crippen LogP contribution in [0.2, 0.25) is 0 Å². The van der Waals surface area contributed by atoms with Crippen LogP contribution in [0.5, 0.6) is 0 Å². The molecule has 0 unspecified atom stereocenters. The molecule has 0 radical (unpaired) electrons. The van der Waals surface area contributed by atoms with Gasteiger partial charge in [-0.15, -0.1) is 0 Å². The largest absolute Gasteiger partial charge is 0.393 e. The van der Waals surface area contributed by atoms with E-state index in [4.69, 9.17) is 0 Å². The highest BCUT2D eigenvalue weighted by Gasteiger charge is 2.63. The van der Waals surface area contributed by atoms with Gasteiger partial charge < -0.3 is 15.3 Å². The van der Waals surface area contributed by atoms with Crippen molar-refractivity contribution in [3.05, 3.63) is 0 Å². The minimum absolute atomic E-state index is 0.00995. The number of rotatable bonds is 1. The Morgan fingerprint density at radius 3 is 2.45 bits per heavy atom. The predicted octanol–water partition coefficient (Wildman–Crippen LogP) is 2.43. The maximum absolute atomic E-state index is 14.0. The van der Waals surface area contributed by atoms with E-state index in [0.717, 1.165) is 25.8 Å². The smallest absolute Gasteiger partial charge is 0.169 e. The zero-order valence-electron chi connectivity index (χ0n) is 20.7. The molecule has 33 heavy (non-hydrogen) atoms. The first-order valence-corrected chi connectivity index (χ1v) is 13.4. The van der Waals surface area contributed by atoms with Crippen molar-refractivity contribution >= 4 is 11.6 Å². The molecule has 2 saturated heterocycles. The van der Waals surface area contributed by atoms with Gasteiger partial charge in [0.2, 0.25) is 0 Å². The zero-order valence-corrected chi connectivity index (χ0v) is 20.7. The van der Waals surface area contributed by atoms with Crippen molar-refractivity contribution in [2.45, 2.75) is 96.5 Å². The van der Waals surface area contributed by atoms with E-state index in [1.165, 1.54) is 6.42 Å². The Morgan fingerprint density at radius 1 is 1.00 bits per heavy atom. The summed E-state index contributed by atoms with van der Waals surface area (Å²) >= 11 is 0. The van der Waals surface area contributed by atoms with E-state index in [0.29, 0.717) is 31.3 Å². The summed E-state index contributed by atoms with van der Waals surface area (Å²) in [5.41, 5.74) is -1.97. The first-order valence-electron chi connectivity index (χ1n) is 13.4. The Kier molecular flexibility index (Phi) is 5.87. The van der Waals surface area contributed by atoms with Crippen LogP contribution in [0.4, 0.5) is 0 Å². The first kappa shape index (κ1) is 23.9. The van der Waals surface area contributed by atoms with Gasteiger partial charge in [0.1, 0.15) is 11.4 Å². The Labute approximate surface area is 198 Å². The molecule has 3 saturated carbocycles. The van der Waals surface area contributed by atoms with Crippen LogP contribution in [0.15, 0.2) is 0 Å². The Bertz CT molecular complexity index is 814. The fraction of sp³-hybridized carbons (Fsp3) is 0.926. The molecule has 6 nitrogen and oxygen atoms in total. The Hall–Kier alpha value is -0.820. The quantitative estimate of drug-likeness (QED) is 0.555. The molecule has 6 heteroatoms. The van der Waals surface area contributed by atoms with Crippen molar-refractivity contribution in [3.63, 3.8) is 0 Å². The number of hydrogen-bond donors (Lipinski definition) is 3. The lowest BCUT2D eigenvalue weighted by Crippen LogP contribution is -2.70. The van der Waals surface area contributed by atoms with Gasteiger partial charge in [0, 0.05) is 48.7 Å². The van der Waals surface area contributed by atoms with E-state index in [9.17, 15) is 24.9 Å². The summed E-state index contributed by atoms with van der Waals surface area (Å²) in [5, 5.41) is 33.1. The van der Waals surface area contributed by atoms with Gasteiger partial charge in [0.05, 0.1) is 12.2 Å². The third kappa shape index (κ3) is 3.41. The summed E-state index contributed by atoms with van der Waals surface area (Å²) < 4.78 is 0. The second-order valence-corrected chi connectivity index (χ2v) is 12.8. The molecule has 5 rings (SSSR count). The average molecular weight is 462 g/mol. The first-order chi connectivity index (χ1) is 15.5. The van der Waals surface area contributed by atoms with Crippen LogP contribution in [-0.4, -0.2) is 68.7 Å². The number of fused-ring (bicyclic) bond motifs is 3. The maximum atomic E-state index is 14.0. The topological polar surface area (TPSA) is 98.1 Å². The molecule has 5 fully saturated rings. The van der Waals surface area contributed by atoms with Gasteiger partial charge in [0.15, 0.2) is 5.78 Å². The third-order valence-electron chi connectivity index (χ3n) is 11.3. The highest BCUT2D eigenvalue weighted by molar-refractivity contribution is 5.92. The van der Waals surface area contributed by atoms with Crippen LogP contribution in [0.3, 0.4) is 0 Å². The van der Waals surface area contributed by atoms with Gasteiger partial charge in [-0.1, -0.05) is 27.7 Å². The monoisotopic (exact) mass is 461 g/mol. The van der Waals surface area contributed by atoms with Crippen LogP contribution in [0.1, 0.15) is 72.6 Å². The second-order valence-electron chi connectivity index (χ2n) is 12.8. The van der Waals surface area contributed by atoms with E-state index in [1.807, 2.05) is 6.92 Å². The lowest BCUT2D eigenvalue weighted by molar-refractivity contribution is -0.192. The van der Waals surface area contributed by atoms with Crippen LogP contribution in [0, 0.1) is 46.8 Å². The molecule has 0 aromatic rings. The fourth-order valence-corrected chi connectivity index (χ4v) is 9.12. The van der Waals surface area contributed by atoms with E-state index in [2.05, 4.69) is 25.7 Å². The minimum Gasteiger partial charge on any atom is -0.393 e. The summed E-state index contributed by atoms with van der Waals surface area (Å²) in [4.78, 5) is 29.7. The molecule has 186 valence electrons. The normalized spacial score (nSPS) is 55.5. The average Bonchev–Trinajstić information content (AvgIpc) is 2.74. The summed E-state index contributed by atoms with van der Waals surface area (Å²) in [6, 6.07) is 0.453. The van der Waals surface area contributed by atoms with Crippen LogP contribution < -0.4 is 0 Å². The van der Waals surface area contributed by atoms with E-state index >= 15 is 0 Å². The van der Waals surface area contributed by atoms with E-state index < -0.39 is 23.2 Å². The molecule has 0 aromatic carbocycles. The van der Waals surface area contributed by atoms with Gasteiger partial charge in [-0.05, 0) is 62.2 Å². The lowest BCUT2D eigenvalue weighted by Gasteiger charge is -2.60. The van der Waals surface area contributed by atoms with Crippen molar-refractivity contribution in [3.8, 4) is 0 Å².